The molecule has 1 unspecified atom stereocenters. The minimum absolute atomic E-state index is 0.0237. The molecule has 1 N–H and O–H groups in total. The van der Waals surface area contributed by atoms with Crippen molar-refractivity contribution in [3.8, 4) is 17.2 Å². The van der Waals surface area contributed by atoms with Gasteiger partial charge in [0.2, 0.25) is 0 Å². The number of hydrogen-bond acceptors (Lipinski definition) is 9. The number of ether oxygens (including phenoxy) is 4. The van der Waals surface area contributed by atoms with Crippen molar-refractivity contribution in [2.45, 2.75) is 38.0 Å². The average Bonchev–Trinajstić information content (AvgIpc) is 3.11. The molecule has 3 aliphatic rings. The van der Waals surface area contributed by atoms with Crippen molar-refractivity contribution in [1.29, 1.82) is 0 Å². The van der Waals surface area contributed by atoms with Crippen molar-refractivity contribution in [3.63, 3.8) is 0 Å². The van der Waals surface area contributed by atoms with Crippen molar-refractivity contribution in [1.82, 2.24) is 4.90 Å². The maximum Gasteiger partial charge on any atom is 0.414 e. The fourth-order valence-electron chi connectivity index (χ4n) is 6.48. The predicted molar refractivity (Wildman–Crippen MR) is 187 cm³/mol. The number of piperidine rings is 3. The van der Waals surface area contributed by atoms with Crippen molar-refractivity contribution in [2.75, 3.05) is 38.8 Å². The quantitative estimate of drug-likeness (QED) is 0.102. The molecule has 2 bridgehead atoms. The molecule has 3 saturated heterocycles. The number of esters is 1. The highest BCUT2D eigenvalue weighted by Crippen LogP contribution is 2.36. The molecule has 3 aliphatic heterocycles. The molecule has 0 radical (unpaired) electrons. The number of rotatable bonds is 11. The first-order valence-electron chi connectivity index (χ1n) is 16.2. The summed E-state index contributed by atoms with van der Waals surface area (Å²) >= 11 is 12.8. The summed E-state index contributed by atoms with van der Waals surface area (Å²) in [5, 5.41) is 22.3. The summed E-state index contributed by atoms with van der Waals surface area (Å²) < 4.78 is 23.4. The Hall–Kier alpha value is -4.71. The van der Waals surface area contributed by atoms with E-state index in [1.165, 1.54) is 43.6 Å². The smallest absolute Gasteiger partial charge is 0.414 e. The number of aromatic nitrogens is 1. The largest absolute Gasteiger partial charge is 0.619 e. The van der Waals surface area contributed by atoms with Gasteiger partial charge in [-0.2, -0.15) is 4.73 Å². The number of amides is 1. The van der Waals surface area contributed by atoms with Crippen LogP contribution in [0.15, 0.2) is 79.1 Å². The Balaban J connectivity index is 1.22. The van der Waals surface area contributed by atoms with Gasteiger partial charge in [0.25, 0.3) is 0 Å². The summed E-state index contributed by atoms with van der Waals surface area (Å²) in [5.74, 6) is 0.662. The lowest BCUT2D eigenvalue weighted by Crippen LogP contribution is -2.53. The number of carbonyl (C=O) groups is 2. The molecule has 1 aromatic heterocycles. The van der Waals surface area contributed by atoms with E-state index in [-0.39, 0.29) is 40.4 Å². The normalized spacial score (nSPS) is 18.6. The lowest BCUT2D eigenvalue weighted by Gasteiger charge is -2.44. The molecule has 1 amide bonds. The second kappa shape index (κ2) is 15.5. The van der Waals surface area contributed by atoms with E-state index < -0.39 is 18.2 Å². The number of benzene rings is 3. The summed E-state index contributed by atoms with van der Waals surface area (Å²) in [6.45, 7) is 2.90. The zero-order valence-corrected chi connectivity index (χ0v) is 29.1. The van der Waals surface area contributed by atoms with Gasteiger partial charge in [-0.25, -0.2) is 9.59 Å². The molecule has 2 atom stereocenters. The third-order valence-corrected chi connectivity index (χ3v) is 9.87. The summed E-state index contributed by atoms with van der Waals surface area (Å²) in [4.78, 5) is 31.0. The van der Waals surface area contributed by atoms with Gasteiger partial charge < -0.3 is 29.3 Å². The minimum atomic E-state index is -0.873. The number of hydrogen-bond donors (Lipinski definition) is 1. The molecule has 13 heteroatoms. The van der Waals surface area contributed by atoms with Crippen LogP contribution < -0.4 is 19.1 Å². The standard InChI is InChI=1S/C37H37Cl2N3O8/c1-47-32-11-10-26(16-34(32)48-2)33(18-29-30(38)20-41(46)21-31(29)39)49-36(44)25-8-6-23(7-9-25)19-42(27-4-3-5-28(43)17-27)37(45)50-35-22-40-14-12-24(35)13-15-40/h3-11,16-17,20-21,24,33,35,43H,12-15,18-19,22H2,1-2H3/t33?,35-/m0/s1. The fraction of sp³-hybridized carbons (Fsp3) is 0.324. The number of phenolic OH excluding ortho intramolecular Hbond substituents is 1. The molecule has 3 aromatic carbocycles. The number of nitrogens with zero attached hydrogens (tertiary/aromatic N) is 3. The van der Waals surface area contributed by atoms with E-state index in [1.807, 2.05) is 0 Å². The average molecular weight is 723 g/mol. The topological polar surface area (TPSA) is 125 Å². The lowest BCUT2D eigenvalue weighted by atomic mass is 9.86. The highest BCUT2D eigenvalue weighted by molar-refractivity contribution is 6.35. The lowest BCUT2D eigenvalue weighted by molar-refractivity contribution is -0.605. The van der Waals surface area contributed by atoms with Gasteiger partial charge in [0.1, 0.15) is 28.0 Å². The molecular formula is C37H37Cl2N3O8. The number of fused-ring (bicyclic) bond motifs is 3. The molecule has 3 fully saturated rings. The highest BCUT2D eigenvalue weighted by Gasteiger charge is 2.37. The van der Waals surface area contributed by atoms with Gasteiger partial charge in [0.05, 0.1) is 32.0 Å². The molecular weight excluding hydrogens is 685 g/mol. The van der Waals surface area contributed by atoms with E-state index in [9.17, 15) is 19.9 Å². The number of carbonyl (C=O) groups excluding carboxylic acids is 2. The highest BCUT2D eigenvalue weighted by atomic mass is 35.5. The second-order valence-electron chi connectivity index (χ2n) is 12.4. The number of halogens is 2. The number of aromatic hydroxyl groups is 1. The van der Waals surface area contributed by atoms with Gasteiger partial charge in [-0.3, -0.25) is 9.80 Å². The number of anilines is 1. The van der Waals surface area contributed by atoms with Crippen LogP contribution in [0.3, 0.4) is 0 Å². The molecule has 4 heterocycles. The zero-order chi connectivity index (χ0) is 35.4. The summed E-state index contributed by atoms with van der Waals surface area (Å²) in [6.07, 6.45) is 2.86. The van der Waals surface area contributed by atoms with Crippen molar-refractivity contribution in [2.24, 2.45) is 5.92 Å². The Morgan fingerprint density at radius 2 is 1.68 bits per heavy atom. The van der Waals surface area contributed by atoms with Crippen LogP contribution >= 0.6 is 23.2 Å². The maximum atomic E-state index is 13.6. The van der Waals surface area contributed by atoms with Crippen LogP contribution in [0, 0.1) is 11.1 Å². The summed E-state index contributed by atoms with van der Waals surface area (Å²) in [5.41, 5.74) is 2.49. The van der Waals surface area contributed by atoms with Crippen molar-refractivity contribution in [3.05, 3.63) is 117 Å². The Kier molecular flexibility index (Phi) is 10.9. The van der Waals surface area contributed by atoms with Gasteiger partial charge in [-0.1, -0.05) is 47.5 Å². The molecule has 4 aromatic rings. The van der Waals surface area contributed by atoms with E-state index in [0.29, 0.717) is 45.5 Å². The first kappa shape index (κ1) is 35.1. The van der Waals surface area contributed by atoms with Gasteiger partial charge in [0, 0.05) is 24.6 Å². The van der Waals surface area contributed by atoms with Crippen LogP contribution in [0.4, 0.5) is 10.5 Å². The van der Waals surface area contributed by atoms with Gasteiger partial charge in [0.15, 0.2) is 23.9 Å². The predicted octanol–water partition coefficient (Wildman–Crippen LogP) is 6.73. The second-order valence-corrected chi connectivity index (χ2v) is 13.2. The van der Waals surface area contributed by atoms with Crippen LogP contribution in [0.5, 0.6) is 17.2 Å². The van der Waals surface area contributed by atoms with Crippen molar-refractivity contribution < 1.29 is 38.4 Å². The Labute approximate surface area is 300 Å². The van der Waals surface area contributed by atoms with E-state index >= 15 is 0 Å². The summed E-state index contributed by atoms with van der Waals surface area (Å²) in [6, 6.07) is 18.3. The fourth-order valence-corrected chi connectivity index (χ4v) is 7.08. The Morgan fingerprint density at radius 1 is 0.980 bits per heavy atom. The molecule has 0 saturated carbocycles. The van der Waals surface area contributed by atoms with E-state index in [0.717, 1.165) is 31.5 Å². The van der Waals surface area contributed by atoms with Crippen LogP contribution in [0.1, 0.15) is 46.0 Å². The molecule has 7 rings (SSSR count). The van der Waals surface area contributed by atoms with Crippen LogP contribution in [-0.4, -0.2) is 62.0 Å². The Morgan fingerprint density at radius 3 is 2.30 bits per heavy atom. The minimum Gasteiger partial charge on any atom is -0.619 e. The van der Waals surface area contributed by atoms with Gasteiger partial charge in [-0.05, 0) is 79.4 Å². The van der Waals surface area contributed by atoms with E-state index in [1.54, 1.807) is 54.6 Å². The third kappa shape index (κ3) is 8.01. The molecule has 0 spiro atoms. The van der Waals surface area contributed by atoms with Crippen LogP contribution in [-0.2, 0) is 22.4 Å². The van der Waals surface area contributed by atoms with Crippen LogP contribution in [0.2, 0.25) is 10.0 Å². The van der Waals surface area contributed by atoms with E-state index in [4.69, 9.17) is 42.1 Å². The summed E-state index contributed by atoms with van der Waals surface area (Å²) in [7, 11) is 3.02. The first-order valence-corrected chi connectivity index (χ1v) is 17.0. The molecule has 11 nitrogen and oxygen atoms in total. The van der Waals surface area contributed by atoms with E-state index in [2.05, 4.69) is 4.90 Å². The molecule has 262 valence electrons. The maximum absolute atomic E-state index is 13.6. The van der Waals surface area contributed by atoms with Gasteiger partial charge in [-0.15, -0.1) is 0 Å². The number of methoxy groups -OCH3 is 2. The van der Waals surface area contributed by atoms with Crippen molar-refractivity contribution >= 4 is 41.0 Å². The zero-order valence-electron chi connectivity index (χ0n) is 27.6. The van der Waals surface area contributed by atoms with Crippen LogP contribution in [0.25, 0.3) is 0 Å². The molecule has 0 aliphatic carbocycles. The number of phenols is 1. The third-order valence-electron chi connectivity index (χ3n) is 9.22. The number of pyridine rings is 1. The monoisotopic (exact) mass is 721 g/mol. The first-order chi connectivity index (χ1) is 24.1. The molecule has 50 heavy (non-hydrogen) atoms. The SMILES string of the molecule is COc1ccc(C(Cc2c(Cl)c[n+]([O-])cc2Cl)OC(=O)c2ccc(CN(C(=O)O[C@H]3CN4CCC3CC4)c3cccc(O)c3)cc2)cc1OC. The Bertz CT molecular complexity index is 1830. The van der Waals surface area contributed by atoms with Gasteiger partial charge >= 0.3 is 12.1 Å².